The summed E-state index contributed by atoms with van der Waals surface area (Å²) in [7, 11) is 0. The molecule has 0 saturated heterocycles. The van der Waals surface area contributed by atoms with Crippen molar-refractivity contribution in [1.29, 1.82) is 0 Å². The number of pyridine rings is 1. The van der Waals surface area contributed by atoms with Gasteiger partial charge in [0.25, 0.3) is 0 Å². The molecule has 0 amide bonds. The minimum absolute atomic E-state index is 0.271. The van der Waals surface area contributed by atoms with Gasteiger partial charge in [-0.15, -0.1) is 0 Å². The van der Waals surface area contributed by atoms with E-state index in [0.29, 0.717) is 5.82 Å². The molecule has 3 rings (SSSR count). The van der Waals surface area contributed by atoms with Crippen LogP contribution < -0.4 is 0 Å². The number of hydrogen-bond donors (Lipinski definition) is 1. The summed E-state index contributed by atoms with van der Waals surface area (Å²) in [6.07, 6.45) is 0. The Morgan fingerprint density at radius 3 is 2.76 bits per heavy atom. The predicted molar refractivity (Wildman–Crippen MR) is 66.9 cm³/mol. The van der Waals surface area contributed by atoms with E-state index in [2.05, 4.69) is 20.2 Å². The van der Waals surface area contributed by atoms with Crippen molar-refractivity contribution in [3.05, 3.63) is 41.2 Å². The standard InChI is InChI=1S/C12H9ClN4/c1-7-6-10(11-15-12(13)17-16-11)14-9-5-3-2-4-8(7)9/h2-6H,1H3,(H,15,16,17). The Morgan fingerprint density at radius 2 is 2.00 bits per heavy atom. The lowest BCUT2D eigenvalue weighted by atomic mass is 10.1. The number of nitrogens with zero attached hydrogens (tertiary/aromatic N) is 3. The Morgan fingerprint density at radius 1 is 1.18 bits per heavy atom. The van der Waals surface area contributed by atoms with Gasteiger partial charge in [0.1, 0.15) is 5.69 Å². The lowest BCUT2D eigenvalue weighted by molar-refractivity contribution is 1.09. The van der Waals surface area contributed by atoms with Crippen LogP contribution in [0.1, 0.15) is 5.56 Å². The number of aryl methyl sites for hydroxylation is 1. The lowest BCUT2D eigenvalue weighted by Crippen LogP contribution is -1.90. The molecular formula is C12H9ClN4. The number of benzene rings is 1. The van der Waals surface area contributed by atoms with Crippen LogP contribution in [0.4, 0.5) is 0 Å². The average Bonchev–Trinajstić information content (AvgIpc) is 2.76. The van der Waals surface area contributed by atoms with Gasteiger partial charge in [-0.2, -0.15) is 10.1 Å². The number of rotatable bonds is 1. The molecule has 1 N–H and O–H groups in total. The second-order valence-corrected chi connectivity index (χ2v) is 4.15. The summed E-state index contributed by atoms with van der Waals surface area (Å²) in [4.78, 5) is 8.58. The van der Waals surface area contributed by atoms with Crippen LogP contribution in [-0.4, -0.2) is 20.2 Å². The third-order valence-electron chi connectivity index (χ3n) is 2.61. The van der Waals surface area contributed by atoms with E-state index >= 15 is 0 Å². The molecular weight excluding hydrogens is 236 g/mol. The molecule has 0 bridgehead atoms. The van der Waals surface area contributed by atoms with Crippen LogP contribution >= 0.6 is 11.6 Å². The van der Waals surface area contributed by atoms with Crippen molar-refractivity contribution in [2.75, 3.05) is 0 Å². The van der Waals surface area contributed by atoms with Crippen molar-refractivity contribution < 1.29 is 0 Å². The van der Waals surface area contributed by atoms with Crippen LogP contribution in [0.15, 0.2) is 30.3 Å². The first-order chi connectivity index (χ1) is 8.24. The van der Waals surface area contributed by atoms with Crippen molar-refractivity contribution in [2.45, 2.75) is 6.92 Å². The molecule has 0 spiro atoms. The summed E-state index contributed by atoms with van der Waals surface area (Å²) in [5, 5.41) is 8.01. The Kier molecular flexibility index (Phi) is 2.30. The Bertz CT molecular complexity index is 690. The van der Waals surface area contributed by atoms with Crippen LogP contribution in [0.3, 0.4) is 0 Å². The quantitative estimate of drug-likeness (QED) is 0.716. The van der Waals surface area contributed by atoms with Gasteiger partial charge in [-0.25, -0.2) is 10.1 Å². The SMILES string of the molecule is Cc1cc(-c2n[nH]c(Cl)n2)nc2ccccc12. The Balaban J connectivity index is 2.25. The highest BCUT2D eigenvalue weighted by Crippen LogP contribution is 2.22. The molecule has 0 aliphatic carbocycles. The zero-order valence-corrected chi connectivity index (χ0v) is 9.86. The lowest BCUT2D eigenvalue weighted by Gasteiger charge is -2.03. The largest absolute Gasteiger partial charge is 0.249 e. The van der Waals surface area contributed by atoms with E-state index in [-0.39, 0.29) is 5.28 Å². The molecule has 2 aromatic heterocycles. The number of para-hydroxylation sites is 1. The maximum atomic E-state index is 5.71. The van der Waals surface area contributed by atoms with Gasteiger partial charge in [0.2, 0.25) is 11.1 Å². The number of nitrogens with one attached hydrogen (secondary N) is 1. The number of aromatic amines is 1. The monoisotopic (exact) mass is 244 g/mol. The van der Waals surface area contributed by atoms with Crippen molar-refractivity contribution in [2.24, 2.45) is 0 Å². The van der Waals surface area contributed by atoms with Gasteiger partial charge in [0, 0.05) is 5.39 Å². The number of H-pyrrole nitrogens is 1. The maximum Gasteiger partial charge on any atom is 0.218 e. The second kappa shape index (κ2) is 3.82. The van der Waals surface area contributed by atoms with Gasteiger partial charge in [-0.05, 0) is 36.2 Å². The molecule has 0 radical (unpaired) electrons. The van der Waals surface area contributed by atoms with Gasteiger partial charge in [0.05, 0.1) is 5.52 Å². The third kappa shape index (κ3) is 1.76. The molecule has 0 saturated carbocycles. The van der Waals surface area contributed by atoms with E-state index in [4.69, 9.17) is 11.6 Å². The van der Waals surface area contributed by atoms with Crippen molar-refractivity contribution in [1.82, 2.24) is 20.2 Å². The fourth-order valence-electron chi connectivity index (χ4n) is 1.82. The number of halogens is 1. The van der Waals surface area contributed by atoms with E-state index in [1.807, 2.05) is 37.3 Å². The van der Waals surface area contributed by atoms with E-state index < -0.39 is 0 Å². The van der Waals surface area contributed by atoms with E-state index in [0.717, 1.165) is 22.2 Å². The zero-order valence-electron chi connectivity index (χ0n) is 9.11. The number of aromatic nitrogens is 4. The van der Waals surface area contributed by atoms with Crippen LogP contribution in [0.5, 0.6) is 0 Å². The summed E-state index contributed by atoms with van der Waals surface area (Å²) in [6.45, 7) is 2.04. The van der Waals surface area contributed by atoms with Crippen molar-refractivity contribution in [3.63, 3.8) is 0 Å². The van der Waals surface area contributed by atoms with Gasteiger partial charge in [-0.3, -0.25) is 0 Å². The zero-order chi connectivity index (χ0) is 11.8. The maximum absolute atomic E-state index is 5.71. The predicted octanol–water partition coefficient (Wildman–Crippen LogP) is 2.98. The summed E-state index contributed by atoms with van der Waals surface area (Å²) < 4.78 is 0. The van der Waals surface area contributed by atoms with E-state index in [1.54, 1.807) is 0 Å². The highest BCUT2D eigenvalue weighted by molar-refractivity contribution is 6.28. The highest BCUT2D eigenvalue weighted by atomic mass is 35.5. The third-order valence-corrected chi connectivity index (χ3v) is 2.78. The fraction of sp³-hybridized carbons (Fsp3) is 0.0833. The number of hydrogen-bond acceptors (Lipinski definition) is 3. The van der Waals surface area contributed by atoms with Gasteiger partial charge in [0.15, 0.2) is 0 Å². The molecule has 4 nitrogen and oxygen atoms in total. The van der Waals surface area contributed by atoms with Crippen molar-refractivity contribution >= 4 is 22.5 Å². The summed E-state index contributed by atoms with van der Waals surface area (Å²) in [5.74, 6) is 0.517. The molecule has 0 aliphatic heterocycles. The summed E-state index contributed by atoms with van der Waals surface area (Å²) in [6, 6.07) is 9.94. The first-order valence-corrected chi connectivity index (χ1v) is 5.56. The number of fused-ring (bicyclic) bond motifs is 1. The van der Waals surface area contributed by atoms with E-state index in [1.165, 1.54) is 0 Å². The van der Waals surface area contributed by atoms with Crippen LogP contribution in [0, 0.1) is 6.92 Å². The topological polar surface area (TPSA) is 54.5 Å². The average molecular weight is 245 g/mol. The second-order valence-electron chi connectivity index (χ2n) is 3.79. The van der Waals surface area contributed by atoms with Gasteiger partial charge >= 0.3 is 0 Å². The smallest absolute Gasteiger partial charge is 0.218 e. The minimum atomic E-state index is 0.271. The normalized spacial score (nSPS) is 10.9. The Hall–Kier alpha value is -1.94. The molecule has 0 aliphatic rings. The molecule has 3 aromatic rings. The molecule has 2 heterocycles. The van der Waals surface area contributed by atoms with Crippen molar-refractivity contribution in [3.8, 4) is 11.5 Å². The van der Waals surface area contributed by atoms with Crippen LogP contribution in [0.2, 0.25) is 5.28 Å². The van der Waals surface area contributed by atoms with Crippen LogP contribution in [-0.2, 0) is 0 Å². The summed E-state index contributed by atoms with van der Waals surface area (Å²) >= 11 is 5.71. The summed E-state index contributed by atoms with van der Waals surface area (Å²) in [5.41, 5.74) is 2.80. The molecule has 0 unspecified atom stereocenters. The molecule has 17 heavy (non-hydrogen) atoms. The molecule has 84 valence electrons. The first-order valence-electron chi connectivity index (χ1n) is 5.19. The van der Waals surface area contributed by atoms with E-state index in [9.17, 15) is 0 Å². The minimum Gasteiger partial charge on any atom is -0.249 e. The highest BCUT2D eigenvalue weighted by Gasteiger charge is 2.08. The molecule has 0 atom stereocenters. The van der Waals surface area contributed by atoms with Gasteiger partial charge < -0.3 is 0 Å². The molecule has 5 heteroatoms. The fourth-order valence-corrected chi connectivity index (χ4v) is 1.94. The van der Waals surface area contributed by atoms with Gasteiger partial charge in [-0.1, -0.05) is 18.2 Å². The Labute approximate surface area is 103 Å². The molecule has 0 fully saturated rings. The first kappa shape index (κ1) is 10.2. The van der Waals surface area contributed by atoms with Crippen LogP contribution in [0.25, 0.3) is 22.4 Å². The molecule has 1 aromatic carbocycles.